The first-order valence-corrected chi connectivity index (χ1v) is 15.2. The Morgan fingerprint density at radius 1 is 1.05 bits per heavy atom. The maximum atomic E-state index is 10.9. The van der Waals surface area contributed by atoms with Crippen molar-refractivity contribution in [3.05, 3.63) is 23.8 Å². The van der Waals surface area contributed by atoms with Crippen LogP contribution in [0.3, 0.4) is 0 Å². The van der Waals surface area contributed by atoms with E-state index in [9.17, 15) is 4.79 Å². The van der Waals surface area contributed by atoms with Gasteiger partial charge in [0.2, 0.25) is 0 Å². The summed E-state index contributed by atoms with van der Waals surface area (Å²) in [6.07, 6.45) is 23.7. The summed E-state index contributed by atoms with van der Waals surface area (Å²) in [5.74, 6) is 0.879. The molecular weight excluding hydrogens is 468 g/mol. The first-order chi connectivity index (χ1) is 18.1. The van der Waals surface area contributed by atoms with Crippen LogP contribution in [-0.2, 0) is 23.7 Å². The Kier molecular flexibility index (Phi) is 12.0. The zero-order valence-electron chi connectivity index (χ0n) is 23.0. The fraction of sp³-hybridized carbons (Fsp3) is 0.839. The first kappa shape index (κ1) is 28.8. The highest BCUT2D eigenvalue weighted by Gasteiger charge is 2.47. The fourth-order valence-corrected chi connectivity index (χ4v) is 6.70. The number of unbranched alkanes of at least 4 members (excludes halogenated alkanes) is 3. The Morgan fingerprint density at radius 2 is 1.84 bits per heavy atom. The van der Waals surface area contributed by atoms with E-state index in [0.717, 1.165) is 77.4 Å². The molecule has 0 radical (unpaired) electrons. The summed E-state index contributed by atoms with van der Waals surface area (Å²) in [7, 11) is 0. The average Bonchev–Trinajstić information content (AvgIpc) is 3.43. The minimum absolute atomic E-state index is 0.0632. The van der Waals surface area contributed by atoms with Gasteiger partial charge in [-0.1, -0.05) is 50.0 Å². The number of ether oxygens (including phenoxy) is 4. The van der Waals surface area contributed by atoms with Gasteiger partial charge in [0.1, 0.15) is 0 Å². The molecule has 7 atom stereocenters. The van der Waals surface area contributed by atoms with Crippen LogP contribution in [-0.4, -0.2) is 49.1 Å². The van der Waals surface area contributed by atoms with Gasteiger partial charge in [0.05, 0.1) is 12.2 Å². The van der Waals surface area contributed by atoms with Crippen LogP contribution in [0.25, 0.3) is 0 Å². The summed E-state index contributed by atoms with van der Waals surface area (Å²) >= 11 is 0. The Balaban J connectivity index is 1.42. The van der Waals surface area contributed by atoms with Gasteiger partial charge >= 0.3 is 5.97 Å². The smallest absolute Gasteiger partial charge is 0.303 e. The molecule has 2 unspecified atom stereocenters. The molecule has 6 nitrogen and oxygen atoms in total. The second-order valence-electron chi connectivity index (χ2n) is 11.6. The van der Waals surface area contributed by atoms with Crippen molar-refractivity contribution in [3.63, 3.8) is 0 Å². The molecule has 0 spiro atoms. The van der Waals surface area contributed by atoms with Crippen molar-refractivity contribution in [1.29, 1.82) is 0 Å². The number of rotatable bonds is 14. The highest BCUT2D eigenvalue weighted by atomic mass is 16.7. The topological polar surface area (TPSA) is 74.2 Å². The normalized spacial score (nSPS) is 34.2. The Hall–Kier alpha value is -1.21. The fourth-order valence-electron chi connectivity index (χ4n) is 6.70. The number of hydrogen-bond donors (Lipinski definition) is 1. The lowest BCUT2D eigenvalue weighted by Gasteiger charge is -2.30. The Labute approximate surface area is 224 Å². The largest absolute Gasteiger partial charge is 0.481 e. The molecule has 6 heteroatoms. The lowest BCUT2D eigenvalue weighted by molar-refractivity contribution is -0.193. The second kappa shape index (κ2) is 15.4. The van der Waals surface area contributed by atoms with Gasteiger partial charge in [-0.25, -0.2) is 0 Å². The molecular formula is C31H50O6. The number of carboxylic acids is 1. The van der Waals surface area contributed by atoms with E-state index in [2.05, 4.69) is 25.2 Å². The van der Waals surface area contributed by atoms with Crippen LogP contribution in [0.1, 0.15) is 110 Å². The third kappa shape index (κ3) is 9.19. The molecule has 2 saturated carbocycles. The van der Waals surface area contributed by atoms with Crippen molar-refractivity contribution >= 4 is 5.97 Å². The van der Waals surface area contributed by atoms with Gasteiger partial charge in [-0.05, 0) is 88.9 Å². The quantitative estimate of drug-likeness (QED) is 0.194. The van der Waals surface area contributed by atoms with Crippen molar-refractivity contribution in [2.24, 2.45) is 17.8 Å². The van der Waals surface area contributed by atoms with Crippen LogP contribution in [0, 0.1) is 17.8 Å². The van der Waals surface area contributed by atoms with Gasteiger partial charge in [-0.3, -0.25) is 4.79 Å². The molecule has 0 aromatic carbocycles. The maximum absolute atomic E-state index is 10.9. The highest BCUT2D eigenvalue weighted by molar-refractivity contribution is 5.66. The molecule has 0 aromatic rings. The van der Waals surface area contributed by atoms with Gasteiger partial charge in [0, 0.05) is 25.6 Å². The predicted molar refractivity (Wildman–Crippen MR) is 144 cm³/mol. The zero-order chi connectivity index (χ0) is 25.9. The number of carbonyl (C=O) groups is 1. The molecule has 4 fully saturated rings. The standard InChI is InChI=1S/C31H50O6/c1-2-3-4-12-25(36-30-14-7-9-18-34-30)16-17-26-27-21-23(11-5-6-13-29(32)33)20-24(27)22-28(26)37-31-15-8-10-19-35-31/h11,16-17,24-28,30-31H,2-10,12-15,18-22H2,1H3,(H,32,33)/b17-16+,23-11+/t24-,25-,26+,27-,28+,30?,31?/m0/s1. The SMILES string of the molecule is CCCCC[C@@H](/C=C/[C@@H]1[C@H]2C/C(=C/CCCC(=O)O)C[C@H]2C[C@H]1OC1CCCCO1)OC1CCCCO1. The van der Waals surface area contributed by atoms with E-state index in [0.29, 0.717) is 17.8 Å². The molecule has 4 rings (SSSR count). The number of fused-ring (bicyclic) bond motifs is 1. The lowest BCUT2D eigenvalue weighted by atomic mass is 9.90. The number of aliphatic carboxylic acids is 1. The third-order valence-electron chi connectivity index (χ3n) is 8.68. The molecule has 0 amide bonds. The van der Waals surface area contributed by atoms with Crippen LogP contribution in [0.4, 0.5) is 0 Å². The van der Waals surface area contributed by atoms with Crippen molar-refractivity contribution in [3.8, 4) is 0 Å². The van der Waals surface area contributed by atoms with Crippen molar-refractivity contribution in [2.45, 2.75) is 134 Å². The van der Waals surface area contributed by atoms with E-state index in [1.807, 2.05) is 0 Å². The van der Waals surface area contributed by atoms with E-state index in [1.54, 1.807) is 0 Å². The zero-order valence-corrected chi connectivity index (χ0v) is 23.0. The predicted octanol–water partition coefficient (Wildman–Crippen LogP) is 7.17. The van der Waals surface area contributed by atoms with E-state index in [1.165, 1.54) is 37.7 Å². The molecule has 37 heavy (non-hydrogen) atoms. The average molecular weight is 519 g/mol. The molecule has 2 aliphatic heterocycles. The molecule has 0 bridgehead atoms. The molecule has 2 heterocycles. The molecule has 1 N–H and O–H groups in total. The van der Waals surface area contributed by atoms with Crippen LogP contribution < -0.4 is 0 Å². The minimum atomic E-state index is -0.703. The van der Waals surface area contributed by atoms with E-state index in [-0.39, 0.29) is 31.2 Å². The molecule has 0 aromatic heterocycles. The number of hydrogen-bond acceptors (Lipinski definition) is 5. The van der Waals surface area contributed by atoms with Crippen LogP contribution >= 0.6 is 0 Å². The van der Waals surface area contributed by atoms with E-state index in [4.69, 9.17) is 24.1 Å². The summed E-state index contributed by atoms with van der Waals surface area (Å²) in [5.41, 5.74) is 1.51. The van der Waals surface area contributed by atoms with Crippen molar-refractivity contribution in [2.75, 3.05) is 13.2 Å². The Morgan fingerprint density at radius 3 is 2.54 bits per heavy atom. The molecule has 2 aliphatic carbocycles. The molecule has 2 saturated heterocycles. The van der Waals surface area contributed by atoms with E-state index < -0.39 is 5.97 Å². The maximum Gasteiger partial charge on any atom is 0.303 e. The summed E-state index contributed by atoms with van der Waals surface area (Å²) in [6, 6.07) is 0. The summed E-state index contributed by atoms with van der Waals surface area (Å²) in [4.78, 5) is 10.9. The van der Waals surface area contributed by atoms with Gasteiger partial charge in [-0.2, -0.15) is 0 Å². The Bertz CT molecular complexity index is 736. The summed E-state index contributed by atoms with van der Waals surface area (Å²) in [6.45, 7) is 3.86. The van der Waals surface area contributed by atoms with Crippen LogP contribution in [0.15, 0.2) is 23.8 Å². The number of allylic oxidation sites excluding steroid dienone is 2. The van der Waals surface area contributed by atoms with Crippen LogP contribution in [0.5, 0.6) is 0 Å². The number of carboxylic acid groups (broad SMARTS) is 1. The summed E-state index contributed by atoms with van der Waals surface area (Å²) < 4.78 is 25.0. The third-order valence-corrected chi connectivity index (χ3v) is 8.68. The lowest BCUT2D eigenvalue weighted by Crippen LogP contribution is -2.31. The van der Waals surface area contributed by atoms with Gasteiger partial charge in [0.15, 0.2) is 12.6 Å². The van der Waals surface area contributed by atoms with E-state index >= 15 is 0 Å². The van der Waals surface area contributed by atoms with Gasteiger partial charge in [-0.15, -0.1) is 0 Å². The highest BCUT2D eigenvalue weighted by Crippen LogP contribution is 2.52. The van der Waals surface area contributed by atoms with Gasteiger partial charge in [0.25, 0.3) is 0 Å². The van der Waals surface area contributed by atoms with Crippen LogP contribution in [0.2, 0.25) is 0 Å². The van der Waals surface area contributed by atoms with Crippen molar-refractivity contribution in [1.82, 2.24) is 0 Å². The second-order valence-corrected chi connectivity index (χ2v) is 11.6. The summed E-state index contributed by atoms with van der Waals surface area (Å²) in [5, 5.41) is 8.94. The molecule has 4 aliphatic rings. The minimum Gasteiger partial charge on any atom is -0.481 e. The monoisotopic (exact) mass is 518 g/mol. The first-order valence-electron chi connectivity index (χ1n) is 15.2. The molecule has 210 valence electrons. The van der Waals surface area contributed by atoms with Gasteiger partial charge < -0.3 is 24.1 Å². The van der Waals surface area contributed by atoms with Crippen molar-refractivity contribution < 1.29 is 28.8 Å².